The monoisotopic (exact) mass is 269 g/mol. The van der Waals surface area contributed by atoms with Crippen LogP contribution in [-0.2, 0) is 4.74 Å². The SMILES string of the molecule is CC1=CC2(CCCCC2)C(=Nc2c(C)cccc2C)O1. The van der Waals surface area contributed by atoms with E-state index in [1.807, 2.05) is 6.92 Å². The second-order valence-corrected chi connectivity index (χ2v) is 6.23. The largest absolute Gasteiger partial charge is 0.447 e. The second kappa shape index (κ2) is 5.08. The molecule has 1 aliphatic carbocycles. The van der Waals surface area contributed by atoms with E-state index in [0.717, 1.165) is 17.3 Å². The molecule has 1 heterocycles. The zero-order valence-corrected chi connectivity index (χ0v) is 12.7. The van der Waals surface area contributed by atoms with Crippen LogP contribution in [0.25, 0.3) is 0 Å². The van der Waals surface area contributed by atoms with Gasteiger partial charge in [0.2, 0.25) is 5.90 Å². The predicted molar refractivity (Wildman–Crippen MR) is 83.4 cm³/mol. The molecule has 0 bridgehead atoms. The maximum Gasteiger partial charge on any atom is 0.204 e. The molecule has 0 unspecified atom stereocenters. The van der Waals surface area contributed by atoms with E-state index in [-0.39, 0.29) is 5.41 Å². The number of rotatable bonds is 1. The Kier molecular flexibility index (Phi) is 3.41. The van der Waals surface area contributed by atoms with Gasteiger partial charge in [0.05, 0.1) is 16.9 Å². The highest BCUT2D eigenvalue weighted by Gasteiger charge is 2.41. The zero-order valence-electron chi connectivity index (χ0n) is 12.7. The van der Waals surface area contributed by atoms with Gasteiger partial charge in [-0.2, -0.15) is 0 Å². The van der Waals surface area contributed by atoms with Gasteiger partial charge in [0.25, 0.3) is 0 Å². The van der Waals surface area contributed by atoms with E-state index in [4.69, 9.17) is 9.73 Å². The van der Waals surface area contributed by atoms with Gasteiger partial charge in [-0.25, -0.2) is 4.99 Å². The van der Waals surface area contributed by atoms with Crippen molar-refractivity contribution in [3.05, 3.63) is 41.2 Å². The van der Waals surface area contributed by atoms with Gasteiger partial charge >= 0.3 is 0 Å². The summed E-state index contributed by atoms with van der Waals surface area (Å²) in [7, 11) is 0. The Morgan fingerprint density at radius 3 is 2.30 bits per heavy atom. The molecule has 2 nitrogen and oxygen atoms in total. The smallest absolute Gasteiger partial charge is 0.204 e. The fraction of sp³-hybridized carbons (Fsp3) is 0.500. The lowest BCUT2D eigenvalue weighted by Gasteiger charge is -2.30. The van der Waals surface area contributed by atoms with Gasteiger partial charge in [0.15, 0.2) is 0 Å². The molecule has 2 aliphatic rings. The van der Waals surface area contributed by atoms with Crippen molar-refractivity contribution in [3.63, 3.8) is 0 Å². The Labute approximate surface area is 121 Å². The van der Waals surface area contributed by atoms with Crippen LogP contribution in [-0.4, -0.2) is 5.90 Å². The van der Waals surface area contributed by atoms with Gasteiger partial charge in [-0.05, 0) is 50.8 Å². The van der Waals surface area contributed by atoms with Gasteiger partial charge < -0.3 is 4.74 Å². The highest BCUT2D eigenvalue weighted by atomic mass is 16.5. The topological polar surface area (TPSA) is 21.6 Å². The van der Waals surface area contributed by atoms with E-state index in [1.165, 1.54) is 43.2 Å². The minimum atomic E-state index is 0.0665. The van der Waals surface area contributed by atoms with Gasteiger partial charge in [0.1, 0.15) is 0 Å². The molecular weight excluding hydrogens is 246 g/mol. The average molecular weight is 269 g/mol. The normalized spacial score (nSPS) is 22.9. The Morgan fingerprint density at radius 2 is 1.65 bits per heavy atom. The van der Waals surface area contributed by atoms with Crippen LogP contribution in [0.2, 0.25) is 0 Å². The first kappa shape index (κ1) is 13.4. The molecule has 0 N–H and O–H groups in total. The van der Waals surface area contributed by atoms with Crippen LogP contribution in [0.1, 0.15) is 50.2 Å². The number of nitrogens with zero attached hydrogens (tertiary/aromatic N) is 1. The molecule has 1 aromatic rings. The lowest BCUT2D eigenvalue weighted by molar-refractivity contribution is 0.318. The molecule has 0 atom stereocenters. The van der Waals surface area contributed by atoms with E-state index in [1.54, 1.807) is 0 Å². The molecular formula is C18H23NO. The molecule has 0 saturated heterocycles. The minimum Gasteiger partial charge on any atom is -0.447 e. The highest BCUT2D eigenvalue weighted by Crippen LogP contribution is 2.45. The Balaban J connectivity index is 2.02. The predicted octanol–water partition coefficient (Wildman–Crippen LogP) is 5.22. The van der Waals surface area contributed by atoms with E-state index >= 15 is 0 Å². The van der Waals surface area contributed by atoms with Crippen LogP contribution in [0.4, 0.5) is 5.69 Å². The van der Waals surface area contributed by atoms with E-state index in [9.17, 15) is 0 Å². The maximum atomic E-state index is 5.98. The third-order valence-corrected chi connectivity index (χ3v) is 4.56. The van der Waals surface area contributed by atoms with Crippen LogP contribution in [0.15, 0.2) is 35.0 Å². The number of para-hydroxylation sites is 1. The molecule has 20 heavy (non-hydrogen) atoms. The number of allylic oxidation sites excluding steroid dienone is 1. The van der Waals surface area contributed by atoms with Crippen molar-refractivity contribution >= 4 is 11.6 Å². The van der Waals surface area contributed by atoms with Crippen molar-refractivity contribution < 1.29 is 4.74 Å². The lowest BCUT2D eigenvalue weighted by Crippen LogP contribution is -2.29. The summed E-state index contributed by atoms with van der Waals surface area (Å²) in [6.45, 7) is 6.29. The van der Waals surface area contributed by atoms with Crippen molar-refractivity contribution in [2.24, 2.45) is 10.4 Å². The second-order valence-electron chi connectivity index (χ2n) is 6.23. The first-order valence-electron chi connectivity index (χ1n) is 7.63. The van der Waals surface area contributed by atoms with Gasteiger partial charge in [-0.15, -0.1) is 0 Å². The molecule has 2 heteroatoms. The molecule has 1 aromatic carbocycles. The minimum absolute atomic E-state index is 0.0665. The quantitative estimate of drug-likeness (QED) is 0.685. The van der Waals surface area contributed by atoms with Gasteiger partial charge in [-0.1, -0.05) is 37.5 Å². The third kappa shape index (κ3) is 2.28. The fourth-order valence-corrected chi connectivity index (χ4v) is 3.49. The summed E-state index contributed by atoms with van der Waals surface area (Å²) in [5.74, 6) is 1.93. The van der Waals surface area contributed by atoms with Crippen molar-refractivity contribution in [3.8, 4) is 0 Å². The summed E-state index contributed by atoms with van der Waals surface area (Å²) in [5, 5.41) is 0. The summed E-state index contributed by atoms with van der Waals surface area (Å²) < 4.78 is 5.98. The van der Waals surface area contributed by atoms with Gasteiger partial charge in [-0.3, -0.25) is 0 Å². The lowest BCUT2D eigenvalue weighted by atomic mass is 9.74. The Bertz CT molecular complexity index is 557. The number of aliphatic imine (C=N–C) groups is 1. The summed E-state index contributed by atoms with van der Waals surface area (Å²) in [5.41, 5.74) is 3.58. The first-order chi connectivity index (χ1) is 9.61. The Morgan fingerprint density at radius 1 is 1.00 bits per heavy atom. The molecule has 1 aliphatic heterocycles. The molecule has 0 aromatic heterocycles. The summed E-state index contributed by atoms with van der Waals surface area (Å²) in [4.78, 5) is 4.93. The zero-order chi connectivity index (χ0) is 14.2. The molecule has 0 amide bonds. The van der Waals surface area contributed by atoms with E-state index < -0.39 is 0 Å². The van der Waals surface area contributed by atoms with Crippen molar-refractivity contribution in [1.82, 2.24) is 0 Å². The summed E-state index contributed by atoms with van der Waals surface area (Å²) in [6, 6.07) is 6.33. The molecule has 3 rings (SSSR count). The van der Waals surface area contributed by atoms with Crippen molar-refractivity contribution in [2.45, 2.75) is 52.9 Å². The number of ether oxygens (including phenoxy) is 1. The van der Waals surface area contributed by atoms with Crippen LogP contribution >= 0.6 is 0 Å². The van der Waals surface area contributed by atoms with E-state index in [0.29, 0.717) is 0 Å². The molecule has 106 valence electrons. The molecule has 1 fully saturated rings. The van der Waals surface area contributed by atoms with Gasteiger partial charge in [0, 0.05) is 0 Å². The van der Waals surface area contributed by atoms with Crippen LogP contribution in [0.3, 0.4) is 0 Å². The van der Waals surface area contributed by atoms with E-state index in [2.05, 4.69) is 38.1 Å². The first-order valence-corrected chi connectivity index (χ1v) is 7.63. The average Bonchev–Trinajstić information content (AvgIpc) is 2.70. The maximum absolute atomic E-state index is 5.98. The number of aryl methyl sites for hydroxylation is 2. The third-order valence-electron chi connectivity index (χ3n) is 4.56. The summed E-state index contributed by atoms with van der Waals surface area (Å²) in [6.07, 6.45) is 8.55. The molecule has 1 spiro atoms. The Hall–Kier alpha value is -1.57. The number of benzene rings is 1. The van der Waals surface area contributed by atoms with Crippen molar-refractivity contribution in [2.75, 3.05) is 0 Å². The highest BCUT2D eigenvalue weighted by molar-refractivity contribution is 5.90. The summed E-state index contributed by atoms with van der Waals surface area (Å²) >= 11 is 0. The van der Waals surface area contributed by atoms with Crippen LogP contribution in [0, 0.1) is 19.3 Å². The van der Waals surface area contributed by atoms with Crippen LogP contribution < -0.4 is 0 Å². The fourth-order valence-electron chi connectivity index (χ4n) is 3.49. The van der Waals surface area contributed by atoms with Crippen LogP contribution in [0.5, 0.6) is 0 Å². The van der Waals surface area contributed by atoms with Crippen molar-refractivity contribution in [1.29, 1.82) is 0 Å². The number of hydrogen-bond acceptors (Lipinski definition) is 2. The number of hydrogen-bond donors (Lipinski definition) is 0. The molecule has 1 saturated carbocycles. The molecule has 0 radical (unpaired) electrons. The standard InChI is InChI=1S/C18H23NO/c1-13-8-7-9-14(2)16(13)19-17-18(12-15(3)20-17)10-5-4-6-11-18/h7-9,12H,4-6,10-11H2,1-3H3.